The average molecular weight is 335 g/mol. The van der Waals surface area contributed by atoms with E-state index in [9.17, 15) is 0 Å². The second-order valence-corrected chi connectivity index (χ2v) is 6.52. The van der Waals surface area contributed by atoms with Crippen molar-refractivity contribution in [3.8, 4) is 0 Å². The molecule has 0 aliphatic carbocycles. The van der Waals surface area contributed by atoms with Crippen molar-refractivity contribution in [2.75, 3.05) is 13.6 Å². The van der Waals surface area contributed by atoms with Gasteiger partial charge in [-0.1, -0.05) is 13.8 Å². The van der Waals surface area contributed by atoms with Gasteiger partial charge in [-0.3, -0.25) is 4.99 Å². The lowest BCUT2D eigenvalue weighted by molar-refractivity contribution is 0.597. The molecule has 2 rings (SSSR count). The van der Waals surface area contributed by atoms with Crippen LogP contribution in [0.4, 0.5) is 0 Å². The lowest BCUT2D eigenvalue weighted by Crippen LogP contribution is -2.37. The zero-order chi connectivity index (χ0) is 16.5. The van der Waals surface area contributed by atoms with E-state index in [1.165, 1.54) is 0 Å². The second kappa shape index (κ2) is 9.24. The molecule has 0 aliphatic rings. The third kappa shape index (κ3) is 5.97. The summed E-state index contributed by atoms with van der Waals surface area (Å²) in [6, 6.07) is 0. The van der Waals surface area contributed by atoms with Crippen molar-refractivity contribution in [1.29, 1.82) is 0 Å². The number of aryl methyl sites for hydroxylation is 1. The van der Waals surface area contributed by atoms with E-state index in [0.29, 0.717) is 12.5 Å². The molecule has 0 aliphatic heterocycles. The molecule has 2 aromatic heterocycles. The zero-order valence-electron chi connectivity index (χ0n) is 14.0. The standard InChI is InChI=1S/C15H25N7S/c1-12(2)13-9-23-14(21-13)8-18-15(16-3)17-6-4-5-7-22-10-19-20-11-22/h9-12H,4-8H2,1-3H3,(H2,16,17,18). The molecule has 0 amide bonds. The van der Waals surface area contributed by atoms with Crippen LogP contribution >= 0.6 is 11.3 Å². The van der Waals surface area contributed by atoms with Gasteiger partial charge in [0.2, 0.25) is 0 Å². The van der Waals surface area contributed by atoms with Crippen molar-refractivity contribution < 1.29 is 0 Å². The van der Waals surface area contributed by atoms with Crippen molar-refractivity contribution >= 4 is 17.3 Å². The minimum atomic E-state index is 0.475. The van der Waals surface area contributed by atoms with Gasteiger partial charge in [0.1, 0.15) is 17.7 Å². The Balaban J connectivity index is 1.63. The summed E-state index contributed by atoms with van der Waals surface area (Å²) in [4.78, 5) is 8.85. The van der Waals surface area contributed by atoms with Crippen LogP contribution in [0.15, 0.2) is 23.0 Å². The first-order chi connectivity index (χ1) is 11.2. The number of rotatable bonds is 8. The Morgan fingerprint density at radius 3 is 2.70 bits per heavy atom. The summed E-state index contributed by atoms with van der Waals surface area (Å²) in [6.07, 6.45) is 5.63. The summed E-state index contributed by atoms with van der Waals surface area (Å²) >= 11 is 1.69. The monoisotopic (exact) mass is 335 g/mol. The summed E-state index contributed by atoms with van der Waals surface area (Å²) in [6.45, 7) is 6.85. The molecule has 23 heavy (non-hydrogen) atoms. The predicted molar refractivity (Wildman–Crippen MR) is 93.7 cm³/mol. The smallest absolute Gasteiger partial charge is 0.191 e. The topological polar surface area (TPSA) is 80.0 Å². The van der Waals surface area contributed by atoms with Crippen molar-refractivity contribution in [2.45, 2.75) is 45.7 Å². The number of nitrogens with one attached hydrogen (secondary N) is 2. The molecule has 2 aromatic rings. The SMILES string of the molecule is CN=C(NCCCCn1cnnc1)NCc1nc(C(C)C)cs1. The van der Waals surface area contributed by atoms with E-state index in [1.807, 2.05) is 4.57 Å². The number of nitrogens with zero attached hydrogens (tertiary/aromatic N) is 5. The van der Waals surface area contributed by atoms with Gasteiger partial charge in [0, 0.05) is 25.5 Å². The minimum absolute atomic E-state index is 0.475. The van der Waals surface area contributed by atoms with Crippen LogP contribution in [-0.4, -0.2) is 39.3 Å². The van der Waals surface area contributed by atoms with Gasteiger partial charge in [-0.25, -0.2) is 4.98 Å². The van der Waals surface area contributed by atoms with Gasteiger partial charge in [-0.05, 0) is 18.8 Å². The van der Waals surface area contributed by atoms with E-state index in [1.54, 1.807) is 31.0 Å². The van der Waals surface area contributed by atoms with Crippen LogP contribution in [0.3, 0.4) is 0 Å². The first kappa shape index (κ1) is 17.4. The summed E-state index contributed by atoms with van der Waals surface area (Å²) in [5.74, 6) is 1.29. The summed E-state index contributed by atoms with van der Waals surface area (Å²) in [5.41, 5.74) is 1.16. The van der Waals surface area contributed by atoms with Crippen LogP contribution in [0.5, 0.6) is 0 Å². The predicted octanol–water partition coefficient (Wildman–Crippen LogP) is 2.00. The highest BCUT2D eigenvalue weighted by molar-refractivity contribution is 7.09. The molecule has 126 valence electrons. The summed E-state index contributed by atoms with van der Waals surface area (Å²) in [7, 11) is 1.79. The third-order valence-electron chi connectivity index (χ3n) is 3.39. The van der Waals surface area contributed by atoms with Gasteiger partial charge in [-0.2, -0.15) is 0 Å². The van der Waals surface area contributed by atoms with E-state index in [0.717, 1.165) is 42.6 Å². The highest BCUT2D eigenvalue weighted by Crippen LogP contribution is 2.17. The number of hydrogen-bond donors (Lipinski definition) is 2. The number of unbranched alkanes of at least 4 members (excludes halogenated alkanes) is 1. The Hall–Kier alpha value is -1.96. The van der Waals surface area contributed by atoms with Crippen molar-refractivity contribution in [1.82, 2.24) is 30.4 Å². The second-order valence-electron chi connectivity index (χ2n) is 5.58. The van der Waals surface area contributed by atoms with Crippen LogP contribution in [0.2, 0.25) is 0 Å². The Morgan fingerprint density at radius 1 is 1.26 bits per heavy atom. The molecule has 0 saturated carbocycles. The average Bonchev–Trinajstić information content (AvgIpc) is 3.21. The largest absolute Gasteiger partial charge is 0.356 e. The van der Waals surface area contributed by atoms with Gasteiger partial charge in [0.25, 0.3) is 0 Å². The number of guanidine groups is 1. The normalized spacial score (nSPS) is 11.9. The first-order valence-electron chi connectivity index (χ1n) is 7.90. The third-order valence-corrected chi connectivity index (χ3v) is 4.26. The summed E-state index contributed by atoms with van der Waals surface area (Å²) < 4.78 is 1.99. The summed E-state index contributed by atoms with van der Waals surface area (Å²) in [5, 5.41) is 17.4. The van der Waals surface area contributed by atoms with Crippen LogP contribution in [0.25, 0.3) is 0 Å². The highest BCUT2D eigenvalue weighted by atomic mass is 32.1. The Bertz CT molecular complexity index is 589. The molecular weight excluding hydrogens is 310 g/mol. The molecule has 8 heteroatoms. The minimum Gasteiger partial charge on any atom is -0.356 e. The van der Waals surface area contributed by atoms with E-state index in [2.05, 4.69) is 50.0 Å². The molecule has 0 spiro atoms. The molecule has 0 aromatic carbocycles. The Kier molecular flexibility index (Phi) is 6.99. The molecule has 0 atom stereocenters. The van der Waals surface area contributed by atoms with Gasteiger partial charge in [-0.15, -0.1) is 21.5 Å². The van der Waals surface area contributed by atoms with Gasteiger partial charge in [0.05, 0.1) is 12.2 Å². The molecule has 0 radical (unpaired) electrons. The van der Waals surface area contributed by atoms with Crippen molar-refractivity contribution in [3.63, 3.8) is 0 Å². The molecule has 2 N–H and O–H groups in total. The van der Waals surface area contributed by atoms with E-state index < -0.39 is 0 Å². The van der Waals surface area contributed by atoms with Gasteiger partial charge in [0.15, 0.2) is 5.96 Å². The Morgan fingerprint density at radius 2 is 2.04 bits per heavy atom. The fourth-order valence-electron chi connectivity index (χ4n) is 2.02. The quantitative estimate of drug-likeness (QED) is 0.438. The Labute approximate surface area is 141 Å². The lowest BCUT2D eigenvalue weighted by atomic mass is 10.2. The van der Waals surface area contributed by atoms with Crippen LogP contribution < -0.4 is 10.6 Å². The number of aromatic nitrogens is 4. The first-order valence-corrected chi connectivity index (χ1v) is 8.78. The van der Waals surface area contributed by atoms with Crippen LogP contribution in [-0.2, 0) is 13.1 Å². The maximum Gasteiger partial charge on any atom is 0.191 e. The molecular formula is C15H25N7S. The number of thiazole rings is 1. The maximum atomic E-state index is 4.61. The molecule has 2 heterocycles. The molecule has 0 unspecified atom stereocenters. The molecule has 0 bridgehead atoms. The van der Waals surface area contributed by atoms with Crippen molar-refractivity contribution in [2.24, 2.45) is 4.99 Å². The van der Waals surface area contributed by atoms with Crippen LogP contribution in [0, 0.1) is 0 Å². The van der Waals surface area contributed by atoms with Gasteiger partial charge < -0.3 is 15.2 Å². The van der Waals surface area contributed by atoms with Crippen LogP contribution in [0.1, 0.15) is 43.3 Å². The van der Waals surface area contributed by atoms with E-state index in [4.69, 9.17) is 0 Å². The highest BCUT2D eigenvalue weighted by Gasteiger charge is 2.06. The molecule has 7 nitrogen and oxygen atoms in total. The molecule has 0 saturated heterocycles. The fraction of sp³-hybridized carbons (Fsp3) is 0.600. The van der Waals surface area contributed by atoms with E-state index in [-0.39, 0.29) is 0 Å². The van der Waals surface area contributed by atoms with Gasteiger partial charge >= 0.3 is 0 Å². The number of hydrogen-bond acceptors (Lipinski definition) is 5. The zero-order valence-corrected chi connectivity index (χ0v) is 14.8. The fourth-order valence-corrected chi connectivity index (χ4v) is 2.91. The lowest BCUT2D eigenvalue weighted by Gasteiger charge is -2.10. The van der Waals surface area contributed by atoms with Crippen molar-refractivity contribution in [3.05, 3.63) is 28.7 Å². The molecule has 0 fully saturated rings. The van der Waals surface area contributed by atoms with E-state index >= 15 is 0 Å². The number of aliphatic imine (C=N–C) groups is 1. The maximum absolute atomic E-state index is 4.61.